The van der Waals surface area contributed by atoms with Gasteiger partial charge in [0.2, 0.25) is 0 Å². The van der Waals surface area contributed by atoms with Gasteiger partial charge in [0.1, 0.15) is 12.1 Å². The Morgan fingerprint density at radius 2 is 2.07 bits per heavy atom. The molecule has 0 aliphatic carbocycles. The highest BCUT2D eigenvalue weighted by Crippen LogP contribution is 1.83. The minimum Gasteiger partial charge on any atom is -0.480 e. The Morgan fingerprint density at radius 3 is 2.60 bits per heavy atom. The molecule has 0 aromatic carbocycles. The second kappa shape index (κ2) is 4.22. The average Bonchev–Trinajstić information content (AvgIpc) is 2.14. The molecule has 0 radical (unpaired) electrons. The molecule has 0 fully saturated rings. The highest BCUT2D eigenvalue weighted by molar-refractivity contribution is 5.95. The fourth-order valence-corrected chi connectivity index (χ4v) is 0.830. The molecule has 1 heterocycles. The zero-order valence-electron chi connectivity index (χ0n) is 7.36. The largest absolute Gasteiger partial charge is 0.480 e. The summed E-state index contributed by atoms with van der Waals surface area (Å²) in [5, 5.41) is 10.2. The van der Waals surface area contributed by atoms with Crippen LogP contribution in [0.2, 0.25) is 0 Å². The molecule has 4 N–H and O–H groups in total. The monoisotopic (exact) mass is 213 g/mol. The molecule has 0 atom stereocenters. The van der Waals surface area contributed by atoms with Crippen molar-refractivity contribution in [2.75, 3.05) is 6.54 Å². The molecule has 1 aromatic rings. The number of carboxylic acid groups (broad SMARTS) is 1. The molecule has 1 amide bonds. The fourth-order valence-electron chi connectivity index (χ4n) is 0.830. The summed E-state index contributed by atoms with van der Waals surface area (Å²) in [7, 11) is 0. The molecule has 8 heteroatoms. The lowest BCUT2D eigenvalue weighted by Crippen LogP contribution is -2.35. The lowest BCUT2D eigenvalue weighted by Gasteiger charge is -1.99. The van der Waals surface area contributed by atoms with Gasteiger partial charge in [-0.15, -0.1) is 0 Å². The number of hydrogen-bond acceptors (Lipinski definition) is 4. The fraction of sp³-hybridized carbons (Fsp3) is 0.143. The Labute approximate surface area is 82.0 Å². The van der Waals surface area contributed by atoms with Crippen LogP contribution < -0.4 is 16.6 Å². The number of aromatic nitrogens is 2. The molecular formula is C7H7N3O5. The lowest BCUT2D eigenvalue weighted by molar-refractivity contribution is -0.135. The number of rotatable bonds is 3. The van der Waals surface area contributed by atoms with Crippen molar-refractivity contribution in [2.24, 2.45) is 0 Å². The van der Waals surface area contributed by atoms with E-state index in [-0.39, 0.29) is 5.56 Å². The number of hydrogen-bond donors (Lipinski definition) is 4. The number of aliphatic carboxylic acids is 1. The van der Waals surface area contributed by atoms with Gasteiger partial charge in [-0.2, -0.15) is 0 Å². The maximum atomic E-state index is 11.2. The van der Waals surface area contributed by atoms with Crippen molar-refractivity contribution in [1.29, 1.82) is 0 Å². The van der Waals surface area contributed by atoms with Crippen LogP contribution in [0.4, 0.5) is 0 Å². The van der Waals surface area contributed by atoms with E-state index in [0.717, 1.165) is 6.20 Å². The van der Waals surface area contributed by atoms with E-state index in [2.05, 4.69) is 4.98 Å². The van der Waals surface area contributed by atoms with E-state index in [1.807, 2.05) is 10.3 Å². The van der Waals surface area contributed by atoms with Crippen LogP contribution in [0.25, 0.3) is 0 Å². The van der Waals surface area contributed by atoms with Crippen LogP contribution in [-0.2, 0) is 4.79 Å². The third-order valence-corrected chi connectivity index (χ3v) is 1.46. The second-order valence-electron chi connectivity index (χ2n) is 2.56. The van der Waals surface area contributed by atoms with Gasteiger partial charge < -0.3 is 15.4 Å². The van der Waals surface area contributed by atoms with Crippen molar-refractivity contribution in [2.45, 2.75) is 0 Å². The van der Waals surface area contributed by atoms with Crippen molar-refractivity contribution >= 4 is 11.9 Å². The van der Waals surface area contributed by atoms with Crippen LogP contribution in [0.15, 0.2) is 15.8 Å². The molecule has 0 unspecified atom stereocenters. The van der Waals surface area contributed by atoms with Crippen molar-refractivity contribution in [3.05, 3.63) is 32.6 Å². The summed E-state index contributed by atoms with van der Waals surface area (Å²) in [6.07, 6.45) is 0.915. The molecule has 0 bridgehead atoms. The van der Waals surface area contributed by atoms with E-state index in [9.17, 15) is 19.2 Å². The first kappa shape index (κ1) is 10.7. The van der Waals surface area contributed by atoms with Gasteiger partial charge in [-0.3, -0.25) is 19.4 Å². The summed E-state index contributed by atoms with van der Waals surface area (Å²) in [6, 6.07) is 0. The van der Waals surface area contributed by atoms with E-state index in [4.69, 9.17) is 5.11 Å². The van der Waals surface area contributed by atoms with Gasteiger partial charge in [0.15, 0.2) is 0 Å². The highest BCUT2D eigenvalue weighted by atomic mass is 16.4. The summed E-state index contributed by atoms with van der Waals surface area (Å²) in [5.41, 5.74) is -1.97. The second-order valence-corrected chi connectivity index (χ2v) is 2.56. The zero-order chi connectivity index (χ0) is 11.4. The topological polar surface area (TPSA) is 132 Å². The molecule has 80 valence electrons. The standard InChI is InChI=1S/C7H7N3O5/c11-4(12)2-8-5(13)3-1-9-7(15)10-6(3)14/h1H,2H2,(H,8,13)(H,11,12)(H2,9,10,14,15). The van der Waals surface area contributed by atoms with Crippen LogP contribution in [0, 0.1) is 0 Å². The van der Waals surface area contributed by atoms with Gasteiger partial charge in [0.25, 0.3) is 11.5 Å². The van der Waals surface area contributed by atoms with Gasteiger partial charge in [0, 0.05) is 6.20 Å². The average molecular weight is 213 g/mol. The van der Waals surface area contributed by atoms with E-state index < -0.39 is 29.7 Å². The minimum absolute atomic E-state index is 0.351. The normalized spacial score (nSPS) is 9.60. The predicted molar refractivity (Wildman–Crippen MR) is 47.7 cm³/mol. The Bertz CT molecular complexity index is 500. The number of aromatic amines is 2. The molecular weight excluding hydrogens is 206 g/mol. The zero-order valence-corrected chi connectivity index (χ0v) is 7.36. The molecule has 0 spiro atoms. The van der Waals surface area contributed by atoms with Crippen molar-refractivity contribution < 1.29 is 14.7 Å². The first-order valence-electron chi connectivity index (χ1n) is 3.82. The van der Waals surface area contributed by atoms with Crippen LogP contribution in [0.5, 0.6) is 0 Å². The SMILES string of the molecule is O=C(O)CNC(=O)c1c[nH]c(=O)[nH]c1=O. The third-order valence-electron chi connectivity index (χ3n) is 1.46. The number of carbonyl (C=O) groups is 2. The van der Waals surface area contributed by atoms with Crippen molar-refractivity contribution in [3.63, 3.8) is 0 Å². The van der Waals surface area contributed by atoms with Crippen LogP contribution >= 0.6 is 0 Å². The van der Waals surface area contributed by atoms with E-state index >= 15 is 0 Å². The van der Waals surface area contributed by atoms with Gasteiger partial charge >= 0.3 is 11.7 Å². The van der Waals surface area contributed by atoms with E-state index in [1.165, 1.54) is 0 Å². The van der Waals surface area contributed by atoms with Crippen LogP contribution in [0.3, 0.4) is 0 Å². The number of carboxylic acids is 1. The maximum Gasteiger partial charge on any atom is 0.325 e. The van der Waals surface area contributed by atoms with Gasteiger partial charge in [-0.1, -0.05) is 0 Å². The molecule has 0 saturated heterocycles. The number of amides is 1. The molecule has 0 aliphatic heterocycles. The Morgan fingerprint density at radius 1 is 1.40 bits per heavy atom. The van der Waals surface area contributed by atoms with Gasteiger partial charge in [-0.25, -0.2) is 4.79 Å². The lowest BCUT2D eigenvalue weighted by atomic mass is 10.3. The molecule has 1 rings (SSSR count). The summed E-state index contributed by atoms with van der Waals surface area (Å²) in [4.78, 5) is 46.8. The maximum absolute atomic E-state index is 11.2. The van der Waals surface area contributed by atoms with Crippen LogP contribution in [-0.4, -0.2) is 33.5 Å². The van der Waals surface area contributed by atoms with Crippen molar-refractivity contribution in [3.8, 4) is 0 Å². The quantitative estimate of drug-likeness (QED) is 0.455. The molecule has 8 nitrogen and oxygen atoms in total. The molecule has 0 aliphatic rings. The number of carbonyl (C=O) groups excluding carboxylic acids is 1. The van der Waals surface area contributed by atoms with Crippen molar-refractivity contribution in [1.82, 2.24) is 15.3 Å². The van der Waals surface area contributed by atoms with Gasteiger partial charge in [0.05, 0.1) is 0 Å². The first-order chi connectivity index (χ1) is 7.00. The first-order valence-corrected chi connectivity index (χ1v) is 3.82. The predicted octanol–water partition coefficient (Wildman–Crippen LogP) is -2.12. The third kappa shape index (κ3) is 2.79. The van der Waals surface area contributed by atoms with E-state index in [0.29, 0.717) is 0 Å². The molecule has 0 saturated carbocycles. The smallest absolute Gasteiger partial charge is 0.325 e. The summed E-state index contributed by atoms with van der Waals surface area (Å²) in [6.45, 7) is -0.600. The molecule has 1 aromatic heterocycles. The number of H-pyrrole nitrogens is 2. The summed E-state index contributed by atoms with van der Waals surface area (Å²) >= 11 is 0. The Balaban J connectivity index is 2.88. The van der Waals surface area contributed by atoms with Crippen LogP contribution in [0.1, 0.15) is 10.4 Å². The Kier molecular flexibility index (Phi) is 3.01. The highest BCUT2D eigenvalue weighted by Gasteiger charge is 2.11. The Hall–Kier alpha value is -2.38. The number of nitrogens with one attached hydrogen (secondary N) is 3. The minimum atomic E-state index is -1.23. The summed E-state index contributed by atoms with van der Waals surface area (Å²) in [5.74, 6) is -2.10. The summed E-state index contributed by atoms with van der Waals surface area (Å²) < 4.78 is 0. The van der Waals surface area contributed by atoms with E-state index in [1.54, 1.807) is 0 Å². The van der Waals surface area contributed by atoms with Gasteiger partial charge in [-0.05, 0) is 0 Å². The molecule has 15 heavy (non-hydrogen) atoms.